The second kappa shape index (κ2) is 4.94. The van der Waals surface area contributed by atoms with E-state index < -0.39 is 5.97 Å². The summed E-state index contributed by atoms with van der Waals surface area (Å²) < 4.78 is 10.5. The zero-order valence-electron chi connectivity index (χ0n) is 11.6. The molecule has 0 aliphatic carbocycles. The van der Waals surface area contributed by atoms with Gasteiger partial charge < -0.3 is 14.5 Å². The van der Waals surface area contributed by atoms with E-state index in [0.717, 1.165) is 11.1 Å². The standard InChI is InChI=1S/C16H13NO4/c1-9-7-10-3-4-11(16(19)20-2)8-13(10)21-12-5-6-14(18)17-15(9)12/h3-8H,1-2H3,(H,17,18). The number of pyridine rings is 1. The van der Waals surface area contributed by atoms with Crippen molar-refractivity contribution in [3.63, 3.8) is 0 Å². The maximum Gasteiger partial charge on any atom is 0.337 e. The minimum atomic E-state index is -0.423. The summed E-state index contributed by atoms with van der Waals surface area (Å²) in [5.74, 6) is 0.667. The molecule has 0 unspecified atom stereocenters. The minimum Gasteiger partial charge on any atom is -0.465 e. The lowest BCUT2D eigenvalue weighted by Gasteiger charge is -2.09. The monoisotopic (exact) mass is 283 g/mol. The van der Waals surface area contributed by atoms with Crippen molar-refractivity contribution >= 4 is 17.6 Å². The Bertz CT molecular complexity index is 817. The van der Waals surface area contributed by atoms with Crippen LogP contribution >= 0.6 is 0 Å². The van der Waals surface area contributed by atoms with Crippen molar-refractivity contribution < 1.29 is 14.3 Å². The number of aromatic amines is 1. The number of hydrogen-bond acceptors (Lipinski definition) is 4. The Morgan fingerprint density at radius 3 is 2.76 bits per heavy atom. The van der Waals surface area contributed by atoms with Crippen molar-refractivity contribution in [1.82, 2.24) is 4.98 Å². The Kier molecular flexibility index (Phi) is 3.10. The molecular formula is C16H13NO4. The molecule has 0 fully saturated rings. The van der Waals surface area contributed by atoms with Crippen molar-refractivity contribution in [2.75, 3.05) is 7.11 Å². The van der Waals surface area contributed by atoms with Crippen LogP contribution in [0, 0.1) is 0 Å². The summed E-state index contributed by atoms with van der Waals surface area (Å²) in [5.41, 5.74) is 2.57. The van der Waals surface area contributed by atoms with E-state index in [1.165, 1.54) is 13.2 Å². The first-order chi connectivity index (χ1) is 10.1. The lowest BCUT2D eigenvalue weighted by Crippen LogP contribution is -2.06. The summed E-state index contributed by atoms with van der Waals surface area (Å²) in [4.78, 5) is 25.8. The maximum atomic E-state index is 11.6. The Labute approximate surface area is 120 Å². The molecule has 1 aliphatic heterocycles. The Morgan fingerprint density at radius 1 is 1.19 bits per heavy atom. The molecule has 3 rings (SSSR count). The molecule has 106 valence electrons. The van der Waals surface area contributed by atoms with Crippen LogP contribution in [0.2, 0.25) is 0 Å². The van der Waals surface area contributed by atoms with Gasteiger partial charge in [-0.2, -0.15) is 0 Å². The van der Waals surface area contributed by atoms with Crippen molar-refractivity contribution in [2.45, 2.75) is 6.92 Å². The second-order valence-electron chi connectivity index (χ2n) is 4.74. The molecule has 0 spiro atoms. The van der Waals surface area contributed by atoms with Crippen LogP contribution in [0.4, 0.5) is 0 Å². The van der Waals surface area contributed by atoms with Crippen LogP contribution in [0.25, 0.3) is 11.6 Å². The number of hydrogen-bond donors (Lipinski definition) is 1. The topological polar surface area (TPSA) is 68.4 Å². The normalized spacial score (nSPS) is 12.4. The van der Waals surface area contributed by atoms with E-state index in [1.807, 2.05) is 13.0 Å². The van der Waals surface area contributed by atoms with Crippen molar-refractivity contribution in [1.29, 1.82) is 0 Å². The molecule has 2 aromatic rings. The molecule has 1 N–H and O–H groups in total. The summed E-state index contributed by atoms with van der Waals surface area (Å²) in [5, 5.41) is 0. The predicted molar refractivity (Wildman–Crippen MR) is 78.5 cm³/mol. The van der Waals surface area contributed by atoms with Gasteiger partial charge in [-0.15, -0.1) is 0 Å². The van der Waals surface area contributed by atoms with Crippen LogP contribution in [-0.4, -0.2) is 18.1 Å². The second-order valence-corrected chi connectivity index (χ2v) is 4.74. The third-order valence-electron chi connectivity index (χ3n) is 3.30. The van der Waals surface area contributed by atoms with Crippen molar-refractivity contribution in [3.05, 3.63) is 57.5 Å². The zero-order valence-corrected chi connectivity index (χ0v) is 11.6. The first-order valence-electron chi connectivity index (χ1n) is 6.40. The van der Waals surface area contributed by atoms with Gasteiger partial charge in [0, 0.05) is 11.6 Å². The number of esters is 1. The first kappa shape index (κ1) is 13.2. The molecule has 5 heteroatoms. The fraction of sp³-hybridized carbons (Fsp3) is 0.125. The molecule has 0 atom stereocenters. The lowest BCUT2D eigenvalue weighted by atomic mass is 10.1. The molecule has 0 radical (unpaired) electrons. The number of ether oxygens (including phenoxy) is 2. The average molecular weight is 283 g/mol. The number of rotatable bonds is 1. The van der Waals surface area contributed by atoms with Gasteiger partial charge in [-0.25, -0.2) is 4.79 Å². The van der Waals surface area contributed by atoms with E-state index >= 15 is 0 Å². The number of benzene rings is 1. The van der Waals surface area contributed by atoms with E-state index in [-0.39, 0.29) is 5.56 Å². The summed E-state index contributed by atoms with van der Waals surface area (Å²) in [6.45, 7) is 1.89. The number of carbonyl (C=O) groups excluding carboxylic acids is 1. The Hall–Kier alpha value is -2.82. The molecule has 1 aliphatic rings. The van der Waals surface area contributed by atoms with Crippen LogP contribution < -0.4 is 10.3 Å². The van der Waals surface area contributed by atoms with Crippen molar-refractivity contribution in [3.8, 4) is 11.5 Å². The van der Waals surface area contributed by atoms with E-state index in [4.69, 9.17) is 9.47 Å². The van der Waals surface area contributed by atoms with Gasteiger partial charge in [-0.3, -0.25) is 4.79 Å². The van der Waals surface area contributed by atoms with Crippen molar-refractivity contribution in [2.24, 2.45) is 0 Å². The number of carbonyl (C=O) groups is 1. The lowest BCUT2D eigenvalue weighted by molar-refractivity contribution is 0.0600. The molecule has 0 bridgehead atoms. The number of methoxy groups -OCH3 is 1. The highest BCUT2D eigenvalue weighted by Gasteiger charge is 2.17. The third kappa shape index (κ3) is 2.33. The van der Waals surface area contributed by atoms with Gasteiger partial charge in [0.1, 0.15) is 5.75 Å². The molecule has 0 saturated carbocycles. The number of H-pyrrole nitrogens is 1. The van der Waals surface area contributed by atoms with Gasteiger partial charge in [0.15, 0.2) is 5.75 Å². The highest BCUT2D eigenvalue weighted by atomic mass is 16.5. The van der Waals surface area contributed by atoms with Gasteiger partial charge >= 0.3 is 5.97 Å². The number of aromatic nitrogens is 1. The van der Waals surface area contributed by atoms with Crippen LogP contribution in [0.1, 0.15) is 28.5 Å². The average Bonchev–Trinajstić information content (AvgIpc) is 2.62. The van der Waals surface area contributed by atoms with Crippen LogP contribution in [0.15, 0.2) is 35.1 Å². The third-order valence-corrected chi connectivity index (χ3v) is 3.30. The summed E-state index contributed by atoms with van der Waals surface area (Å²) in [6.07, 6.45) is 1.90. The molecule has 1 aromatic heterocycles. The van der Waals surface area contributed by atoms with E-state index in [1.54, 1.807) is 24.3 Å². The SMILES string of the molecule is COC(=O)c1ccc2c(c1)Oc1ccc(=O)[nH]c1C(C)=C2. The van der Waals surface area contributed by atoms with Crippen LogP contribution in [0.5, 0.6) is 11.5 Å². The number of fused-ring (bicyclic) bond motifs is 2. The highest BCUT2D eigenvalue weighted by Crippen LogP contribution is 2.36. The number of nitrogens with one attached hydrogen (secondary N) is 1. The molecule has 5 nitrogen and oxygen atoms in total. The highest BCUT2D eigenvalue weighted by molar-refractivity contribution is 5.92. The van der Waals surface area contributed by atoms with Gasteiger partial charge in [-0.05, 0) is 36.8 Å². The zero-order chi connectivity index (χ0) is 15.0. The molecule has 0 amide bonds. The summed E-state index contributed by atoms with van der Waals surface area (Å²) in [6, 6.07) is 8.11. The largest absolute Gasteiger partial charge is 0.465 e. The molecule has 2 heterocycles. The fourth-order valence-corrected chi connectivity index (χ4v) is 2.25. The van der Waals surface area contributed by atoms with Gasteiger partial charge in [0.05, 0.1) is 18.4 Å². The quantitative estimate of drug-likeness (QED) is 0.817. The van der Waals surface area contributed by atoms with Crippen LogP contribution in [-0.2, 0) is 4.74 Å². The van der Waals surface area contributed by atoms with Gasteiger partial charge in [-0.1, -0.05) is 6.07 Å². The van der Waals surface area contributed by atoms with Gasteiger partial charge in [0.25, 0.3) is 0 Å². The maximum absolute atomic E-state index is 11.6. The first-order valence-corrected chi connectivity index (χ1v) is 6.40. The summed E-state index contributed by atoms with van der Waals surface area (Å²) in [7, 11) is 1.33. The molecular weight excluding hydrogens is 270 g/mol. The molecule has 1 aromatic carbocycles. The van der Waals surface area contributed by atoms with E-state index in [0.29, 0.717) is 22.8 Å². The minimum absolute atomic E-state index is 0.189. The Morgan fingerprint density at radius 2 is 2.00 bits per heavy atom. The van der Waals surface area contributed by atoms with E-state index in [9.17, 15) is 9.59 Å². The van der Waals surface area contributed by atoms with E-state index in [2.05, 4.69) is 4.98 Å². The summed E-state index contributed by atoms with van der Waals surface area (Å²) >= 11 is 0. The Balaban J connectivity index is 2.16. The molecule has 21 heavy (non-hydrogen) atoms. The molecule has 0 saturated heterocycles. The number of allylic oxidation sites excluding steroid dienone is 1. The smallest absolute Gasteiger partial charge is 0.337 e. The van der Waals surface area contributed by atoms with Gasteiger partial charge in [0.2, 0.25) is 5.56 Å². The predicted octanol–water partition coefficient (Wildman–Crippen LogP) is 2.83. The van der Waals surface area contributed by atoms with Crippen LogP contribution in [0.3, 0.4) is 0 Å². The fourth-order valence-electron chi connectivity index (χ4n) is 2.25.